The molecule has 0 aliphatic carbocycles. The van der Waals surface area contributed by atoms with Crippen LogP contribution in [0.3, 0.4) is 0 Å². The highest BCUT2D eigenvalue weighted by atomic mass is 16.6. The van der Waals surface area contributed by atoms with Crippen molar-refractivity contribution in [3.8, 4) is 0 Å². The number of fused-ring (bicyclic) bond motifs is 3. The Morgan fingerprint density at radius 1 is 1.19 bits per heavy atom. The van der Waals surface area contributed by atoms with Gasteiger partial charge in [0.15, 0.2) is 0 Å². The maximum absolute atomic E-state index is 13.2. The van der Waals surface area contributed by atoms with E-state index in [1.807, 2.05) is 37.8 Å². The Morgan fingerprint density at radius 2 is 1.96 bits per heavy atom. The first kappa shape index (κ1) is 17.9. The number of likely N-dealkylation sites (tertiary alicyclic amines) is 1. The second-order valence-corrected chi connectivity index (χ2v) is 8.47. The molecule has 2 aliphatic rings. The van der Waals surface area contributed by atoms with E-state index in [1.54, 1.807) is 4.90 Å². The molecular formula is C21H27N3O3. The number of ether oxygens (including phenoxy) is 1. The van der Waals surface area contributed by atoms with Crippen LogP contribution in [0.1, 0.15) is 44.9 Å². The predicted molar refractivity (Wildman–Crippen MR) is 103 cm³/mol. The Kier molecular flexibility index (Phi) is 4.36. The minimum atomic E-state index is -0.558. The van der Waals surface area contributed by atoms with Crippen molar-refractivity contribution in [2.75, 3.05) is 13.1 Å². The summed E-state index contributed by atoms with van der Waals surface area (Å²) in [6.07, 6.45) is 1.97. The molecule has 6 nitrogen and oxygen atoms in total. The molecule has 0 saturated carbocycles. The lowest BCUT2D eigenvalue weighted by Crippen LogP contribution is -2.50. The summed E-state index contributed by atoms with van der Waals surface area (Å²) in [4.78, 5) is 32.7. The number of benzene rings is 1. The number of H-pyrrole nitrogens is 1. The van der Waals surface area contributed by atoms with Crippen LogP contribution in [0.15, 0.2) is 24.3 Å². The van der Waals surface area contributed by atoms with Gasteiger partial charge in [-0.1, -0.05) is 18.2 Å². The summed E-state index contributed by atoms with van der Waals surface area (Å²) >= 11 is 0. The van der Waals surface area contributed by atoms with Crippen LogP contribution in [-0.2, 0) is 22.5 Å². The van der Waals surface area contributed by atoms with Crippen LogP contribution >= 0.6 is 0 Å². The van der Waals surface area contributed by atoms with E-state index in [2.05, 4.69) is 17.1 Å². The third-order valence-corrected chi connectivity index (χ3v) is 5.36. The first-order valence-corrected chi connectivity index (χ1v) is 9.70. The minimum absolute atomic E-state index is 0.0364. The monoisotopic (exact) mass is 369 g/mol. The van der Waals surface area contributed by atoms with Gasteiger partial charge >= 0.3 is 6.09 Å². The van der Waals surface area contributed by atoms with Gasteiger partial charge in [0.05, 0.1) is 0 Å². The van der Waals surface area contributed by atoms with Crippen LogP contribution in [0.5, 0.6) is 0 Å². The summed E-state index contributed by atoms with van der Waals surface area (Å²) in [6, 6.07) is 7.80. The zero-order chi connectivity index (χ0) is 19.2. The molecule has 1 saturated heterocycles. The standard InChI is InChI=1S/C21H27N3O3/c1-21(2,3)27-20(26)24-11-6-9-18(24)19(25)23-12-10-17-15(13-23)14-7-4-5-8-16(14)22-17/h4-5,7-8,18,22H,6,9-13H2,1-3H3/t18-/m1/s1. The normalized spacial score (nSPS) is 20.0. The van der Waals surface area contributed by atoms with Gasteiger partial charge in [0, 0.05) is 48.2 Å². The second-order valence-electron chi connectivity index (χ2n) is 8.47. The van der Waals surface area contributed by atoms with E-state index in [9.17, 15) is 9.59 Å². The van der Waals surface area contributed by atoms with Gasteiger partial charge in [0.25, 0.3) is 0 Å². The number of carbonyl (C=O) groups excluding carboxylic acids is 2. The highest BCUT2D eigenvalue weighted by molar-refractivity contribution is 5.89. The number of hydrogen-bond acceptors (Lipinski definition) is 3. The molecule has 4 rings (SSSR count). The Hall–Kier alpha value is -2.50. The molecule has 0 bridgehead atoms. The molecule has 0 radical (unpaired) electrons. The van der Waals surface area contributed by atoms with Gasteiger partial charge in [-0.3, -0.25) is 9.69 Å². The quantitative estimate of drug-likeness (QED) is 0.837. The molecule has 27 heavy (non-hydrogen) atoms. The molecule has 3 heterocycles. The van der Waals surface area contributed by atoms with Crippen molar-refractivity contribution in [1.82, 2.24) is 14.8 Å². The minimum Gasteiger partial charge on any atom is -0.444 e. The molecule has 1 atom stereocenters. The summed E-state index contributed by atoms with van der Waals surface area (Å²) < 4.78 is 5.50. The van der Waals surface area contributed by atoms with Gasteiger partial charge in [-0.05, 0) is 39.7 Å². The number of amides is 2. The summed E-state index contributed by atoms with van der Waals surface area (Å²) in [6.45, 7) is 7.40. The van der Waals surface area contributed by atoms with Crippen LogP contribution < -0.4 is 0 Å². The molecule has 0 unspecified atom stereocenters. The number of para-hydroxylation sites is 1. The molecule has 1 N–H and O–H groups in total. The van der Waals surface area contributed by atoms with Crippen LogP contribution in [0.25, 0.3) is 10.9 Å². The van der Waals surface area contributed by atoms with E-state index < -0.39 is 11.6 Å². The van der Waals surface area contributed by atoms with E-state index in [-0.39, 0.29) is 12.0 Å². The van der Waals surface area contributed by atoms with Crippen LogP contribution in [-0.4, -0.2) is 51.5 Å². The highest BCUT2D eigenvalue weighted by Crippen LogP contribution is 2.29. The van der Waals surface area contributed by atoms with Crippen molar-refractivity contribution < 1.29 is 14.3 Å². The lowest BCUT2D eigenvalue weighted by atomic mass is 10.0. The molecule has 1 aromatic heterocycles. The third kappa shape index (κ3) is 3.40. The van der Waals surface area contributed by atoms with Crippen molar-refractivity contribution in [2.24, 2.45) is 0 Å². The van der Waals surface area contributed by atoms with Gasteiger partial charge in [-0.15, -0.1) is 0 Å². The van der Waals surface area contributed by atoms with E-state index in [0.29, 0.717) is 26.1 Å². The number of hydrogen-bond donors (Lipinski definition) is 1. The van der Waals surface area contributed by atoms with Crippen molar-refractivity contribution in [2.45, 2.75) is 58.2 Å². The first-order valence-electron chi connectivity index (χ1n) is 9.70. The van der Waals surface area contributed by atoms with Crippen molar-refractivity contribution >= 4 is 22.9 Å². The molecule has 2 aromatic rings. The second kappa shape index (κ2) is 6.59. The molecule has 144 valence electrons. The van der Waals surface area contributed by atoms with Crippen LogP contribution in [0, 0.1) is 0 Å². The summed E-state index contributed by atoms with van der Waals surface area (Å²) in [7, 11) is 0. The third-order valence-electron chi connectivity index (χ3n) is 5.36. The largest absolute Gasteiger partial charge is 0.444 e. The van der Waals surface area contributed by atoms with E-state index >= 15 is 0 Å². The van der Waals surface area contributed by atoms with E-state index in [1.165, 1.54) is 16.6 Å². The lowest BCUT2D eigenvalue weighted by molar-refractivity contribution is -0.136. The molecule has 2 amide bonds. The Bertz CT molecular complexity index is 880. The topological polar surface area (TPSA) is 65.6 Å². The molecule has 6 heteroatoms. The van der Waals surface area contributed by atoms with Gasteiger partial charge in [-0.2, -0.15) is 0 Å². The number of aromatic nitrogens is 1. The van der Waals surface area contributed by atoms with Gasteiger partial charge < -0.3 is 14.6 Å². The summed E-state index contributed by atoms with van der Waals surface area (Å²) in [5.74, 6) is 0.0364. The predicted octanol–water partition coefficient (Wildman–Crippen LogP) is 3.45. The SMILES string of the molecule is CC(C)(C)OC(=O)N1CCC[C@@H]1C(=O)N1CCc2[nH]c3ccccc3c2C1. The van der Waals surface area contributed by atoms with Gasteiger partial charge in [-0.25, -0.2) is 4.79 Å². The number of rotatable bonds is 1. The highest BCUT2D eigenvalue weighted by Gasteiger charge is 2.39. The maximum Gasteiger partial charge on any atom is 0.410 e. The Morgan fingerprint density at radius 3 is 2.74 bits per heavy atom. The Labute approximate surface area is 159 Å². The average molecular weight is 369 g/mol. The average Bonchev–Trinajstić information content (AvgIpc) is 3.24. The van der Waals surface area contributed by atoms with Crippen molar-refractivity contribution in [1.29, 1.82) is 0 Å². The van der Waals surface area contributed by atoms with Crippen molar-refractivity contribution in [3.05, 3.63) is 35.5 Å². The van der Waals surface area contributed by atoms with Crippen LogP contribution in [0.4, 0.5) is 4.79 Å². The van der Waals surface area contributed by atoms with Crippen molar-refractivity contribution in [3.63, 3.8) is 0 Å². The zero-order valence-corrected chi connectivity index (χ0v) is 16.2. The van der Waals surface area contributed by atoms with E-state index in [4.69, 9.17) is 4.74 Å². The van der Waals surface area contributed by atoms with Gasteiger partial charge in [0.1, 0.15) is 11.6 Å². The molecule has 0 spiro atoms. The summed E-state index contributed by atoms with van der Waals surface area (Å²) in [5.41, 5.74) is 2.98. The fourth-order valence-electron chi connectivity index (χ4n) is 4.13. The number of carbonyl (C=O) groups is 2. The molecule has 1 aromatic carbocycles. The Balaban J connectivity index is 1.52. The number of nitrogens with zero attached hydrogens (tertiary/aromatic N) is 2. The molecule has 1 fully saturated rings. The van der Waals surface area contributed by atoms with Crippen LogP contribution in [0.2, 0.25) is 0 Å². The number of aromatic amines is 1. The summed E-state index contributed by atoms with van der Waals surface area (Å²) in [5, 5.41) is 1.18. The number of nitrogens with one attached hydrogen (secondary N) is 1. The maximum atomic E-state index is 13.2. The smallest absolute Gasteiger partial charge is 0.410 e. The lowest BCUT2D eigenvalue weighted by Gasteiger charge is -2.33. The molecule has 2 aliphatic heterocycles. The fourth-order valence-corrected chi connectivity index (χ4v) is 4.13. The fraction of sp³-hybridized carbons (Fsp3) is 0.524. The zero-order valence-electron chi connectivity index (χ0n) is 16.2. The molecular weight excluding hydrogens is 342 g/mol. The first-order chi connectivity index (χ1) is 12.8. The van der Waals surface area contributed by atoms with E-state index in [0.717, 1.165) is 18.4 Å². The van der Waals surface area contributed by atoms with Gasteiger partial charge in [0.2, 0.25) is 5.91 Å².